The monoisotopic (exact) mass is 531 g/mol. The van der Waals surface area contributed by atoms with Gasteiger partial charge in [0.15, 0.2) is 0 Å². The third kappa shape index (κ3) is 5.57. The van der Waals surface area contributed by atoms with E-state index in [2.05, 4.69) is 4.90 Å². The molecule has 0 atom stereocenters. The summed E-state index contributed by atoms with van der Waals surface area (Å²) < 4.78 is 46.8. The van der Waals surface area contributed by atoms with Crippen LogP contribution in [0.5, 0.6) is 5.75 Å². The van der Waals surface area contributed by atoms with Gasteiger partial charge < -0.3 is 14.5 Å². The van der Waals surface area contributed by atoms with Crippen LogP contribution in [0.2, 0.25) is 5.02 Å². The number of carbonyl (C=O) groups is 1. The average molecular weight is 532 g/mol. The molecule has 1 amide bonds. The second kappa shape index (κ2) is 10.8. The number of anilines is 2. The zero-order valence-corrected chi connectivity index (χ0v) is 21.6. The van der Waals surface area contributed by atoms with E-state index in [0.717, 1.165) is 15.6 Å². The van der Waals surface area contributed by atoms with Crippen molar-refractivity contribution in [1.82, 2.24) is 4.90 Å². The van der Waals surface area contributed by atoms with E-state index < -0.39 is 22.4 Å². The van der Waals surface area contributed by atoms with Crippen LogP contribution in [0.4, 0.5) is 15.8 Å². The first-order valence-corrected chi connectivity index (χ1v) is 13.2. The highest BCUT2D eigenvalue weighted by Gasteiger charge is 2.30. The first-order valence-electron chi connectivity index (χ1n) is 11.4. The molecule has 3 aromatic carbocycles. The SMILES string of the molecule is COc1ccc(S(=O)(=O)N(CC(=O)N2CCN(c3cc(Cl)ccc3C)CC2)c2ccc(F)cc2)cc1. The van der Waals surface area contributed by atoms with Gasteiger partial charge in [0.2, 0.25) is 5.91 Å². The normalized spacial score (nSPS) is 14.0. The molecule has 0 N–H and O–H groups in total. The molecular weight excluding hydrogens is 505 g/mol. The molecular formula is C26H27ClFN3O4S. The van der Waals surface area contributed by atoms with Crippen molar-refractivity contribution in [3.63, 3.8) is 0 Å². The van der Waals surface area contributed by atoms with Crippen LogP contribution >= 0.6 is 11.6 Å². The highest BCUT2D eigenvalue weighted by molar-refractivity contribution is 7.92. The first-order chi connectivity index (χ1) is 17.2. The number of aryl methyl sites for hydroxylation is 1. The maximum absolute atomic E-state index is 13.6. The van der Waals surface area contributed by atoms with Gasteiger partial charge in [0.05, 0.1) is 17.7 Å². The fraction of sp³-hybridized carbons (Fsp3) is 0.269. The number of methoxy groups -OCH3 is 1. The number of halogens is 2. The van der Waals surface area contributed by atoms with Crippen LogP contribution in [0.1, 0.15) is 5.56 Å². The zero-order valence-electron chi connectivity index (χ0n) is 20.0. The van der Waals surface area contributed by atoms with Gasteiger partial charge in [0, 0.05) is 36.9 Å². The lowest BCUT2D eigenvalue weighted by molar-refractivity contribution is -0.129. The molecule has 36 heavy (non-hydrogen) atoms. The predicted molar refractivity (Wildman–Crippen MR) is 139 cm³/mol. The Morgan fingerprint density at radius 2 is 1.64 bits per heavy atom. The van der Waals surface area contributed by atoms with E-state index in [9.17, 15) is 17.6 Å². The van der Waals surface area contributed by atoms with Crippen LogP contribution in [0.25, 0.3) is 0 Å². The topological polar surface area (TPSA) is 70.2 Å². The number of nitrogens with zero attached hydrogens (tertiary/aromatic N) is 3. The number of piperazine rings is 1. The second-order valence-electron chi connectivity index (χ2n) is 8.46. The maximum atomic E-state index is 13.6. The molecule has 1 aliphatic heterocycles. The number of rotatable bonds is 7. The molecule has 10 heteroatoms. The van der Waals surface area contributed by atoms with Crippen LogP contribution in [-0.4, -0.2) is 59.1 Å². The first kappa shape index (κ1) is 25.8. The lowest BCUT2D eigenvalue weighted by Gasteiger charge is -2.37. The number of amides is 1. The molecule has 0 bridgehead atoms. The Hall–Kier alpha value is -3.30. The Kier molecular flexibility index (Phi) is 7.70. The molecule has 3 aromatic rings. The van der Waals surface area contributed by atoms with Gasteiger partial charge in [-0.15, -0.1) is 0 Å². The minimum absolute atomic E-state index is 0.00155. The summed E-state index contributed by atoms with van der Waals surface area (Å²) >= 11 is 6.17. The summed E-state index contributed by atoms with van der Waals surface area (Å²) in [4.78, 5) is 17.1. The highest BCUT2D eigenvalue weighted by Crippen LogP contribution is 2.27. The molecule has 1 fully saturated rings. The summed E-state index contributed by atoms with van der Waals surface area (Å²) in [7, 11) is -2.62. The molecule has 1 aliphatic rings. The van der Waals surface area contributed by atoms with Crippen molar-refractivity contribution in [2.24, 2.45) is 0 Å². The van der Waals surface area contributed by atoms with Gasteiger partial charge in [-0.1, -0.05) is 17.7 Å². The lowest BCUT2D eigenvalue weighted by atomic mass is 10.1. The van der Waals surface area contributed by atoms with E-state index in [4.69, 9.17) is 16.3 Å². The summed E-state index contributed by atoms with van der Waals surface area (Å²) in [6.45, 7) is 3.66. The van der Waals surface area contributed by atoms with Crippen molar-refractivity contribution in [2.45, 2.75) is 11.8 Å². The Morgan fingerprint density at radius 1 is 1.00 bits per heavy atom. The summed E-state index contributed by atoms with van der Waals surface area (Å²) in [5, 5.41) is 0.646. The van der Waals surface area contributed by atoms with Crippen LogP contribution in [0, 0.1) is 12.7 Å². The van der Waals surface area contributed by atoms with E-state index in [1.165, 1.54) is 55.6 Å². The van der Waals surface area contributed by atoms with Gasteiger partial charge in [0.1, 0.15) is 18.1 Å². The molecule has 7 nitrogen and oxygen atoms in total. The smallest absolute Gasteiger partial charge is 0.264 e. The van der Waals surface area contributed by atoms with Crippen LogP contribution < -0.4 is 13.9 Å². The number of benzene rings is 3. The minimum Gasteiger partial charge on any atom is -0.497 e. The fourth-order valence-corrected chi connectivity index (χ4v) is 5.72. The number of hydrogen-bond acceptors (Lipinski definition) is 5. The van der Waals surface area contributed by atoms with Gasteiger partial charge in [0.25, 0.3) is 10.0 Å². The predicted octanol–water partition coefficient (Wildman–Crippen LogP) is 4.34. The van der Waals surface area contributed by atoms with E-state index in [1.54, 1.807) is 4.90 Å². The van der Waals surface area contributed by atoms with Crippen molar-refractivity contribution < 1.29 is 22.3 Å². The van der Waals surface area contributed by atoms with Crippen molar-refractivity contribution in [2.75, 3.05) is 49.0 Å². The van der Waals surface area contributed by atoms with Gasteiger partial charge >= 0.3 is 0 Å². The van der Waals surface area contributed by atoms with Gasteiger partial charge in [-0.3, -0.25) is 9.10 Å². The Bertz CT molecular complexity index is 1330. The molecule has 0 aromatic heterocycles. The summed E-state index contributed by atoms with van der Waals surface area (Å²) in [6.07, 6.45) is 0. The average Bonchev–Trinajstić information content (AvgIpc) is 2.89. The fourth-order valence-electron chi connectivity index (χ4n) is 4.14. The molecule has 0 spiro atoms. The molecule has 190 valence electrons. The van der Waals surface area contributed by atoms with Crippen molar-refractivity contribution >= 4 is 38.9 Å². The van der Waals surface area contributed by atoms with E-state index in [0.29, 0.717) is 37.0 Å². The molecule has 0 unspecified atom stereocenters. The van der Waals surface area contributed by atoms with Gasteiger partial charge in [-0.25, -0.2) is 12.8 Å². The summed E-state index contributed by atoms with van der Waals surface area (Å²) in [6, 6.07) is 16.7. The molecule has 4 rings (SSSR count). The minimum atomic E-state index is -4.11. The van der Waals surface area contributed by atoms with E-state index in [1.807, 2.05) is 25.1 Å². The van der Waals surface area contributed by atoms with Gasteiger partial charge in [-0.05, 0) is 73.2 Å². The Labute approximate surface area is 215 Å². The zero-order chi connectivity index (χ0) is 25.9. The van der Waals surface area contributed by atoms with Crippen LogP contribution in [0.3, 0.4) is 0 Å². The number of sulfonamides is 1. The molecule has 0 saturated carbocycles. The molecule has 0 aliphatic carbocycles. The van der Waals surface area contributed by atoms with Crippen molar-refractivity contribution in [3.8, 4) is 5.75 Å². The van der Waals surface area contributed by atoms with Crippen molar-refractivity contribution in [1.29, 1.82) is 0 Å². The number of ether oxygens (including phenoxy) is 1. The van der Waals surface area contributed by atoms with E-state index in [-0.39, 0.29) is 16.5 Å². The summed E-state index contributed by atoms with van der Waals surface area (Å²) in [5.41, 5.74) is 2.31. The Balaban J connectivity index is 1.54. The quantitative estimate of drug-likeness (QED) is 0.453. The second-order valence-corrected chi connectivity index (χ2v) is 10.8. The molecule has 1 saturated heterocycles. The molecule has 1 heterocycles. The Morgan fingerprint density at radius 3 is 2.25 bits per heavy atom. The van der Waals surface area contributed by atoms with E-state index >= 15 is 0 Å². The molecule has 0 radical (unpaired) electrons. The third-order valence-electron chi connectivity index (χ3n) is 6.19. The largest absolute Gasteiger partial charge is 0.497 e. The third-order valence-corrected chi connectivity index (χ3v) is 8.21. The van der Waals surface area contributed by atoms with Crippen LogP contribution in [-0.2, 0) is 14.8 Å². The van der Waals surface area contributed by atoms with Crippen LogP contribution in [0.15, 0.2) is 71.6 Å². The number of hydrogen-bond donors (Lipinski definition) is 0. The number of carbonyl (C=O) groups excluding carboxylic acids is 1. The highest BCUT2D eigenvalue weighted by atomic mass is 35.5. The van der Waals surface area contributed by atoms with Gasteiger partial charge in [-0.2, -0.15) is 0 Å². The lowest BCUT2D eigenvalue weighted by Crippen LogP contribution is -2.52. The summed E-state index contributed by atoms with van der Waals surface area (Å²) in [5.74, 6) is -0.329. The standard InChI is InChI=1S/C26H27ClFN3O4S/c1-19-3-4-20(27)17-25(19)29-13-15-30(16-14-29)26(32)18-31(22-7-5-21(28)6-8-22)36(33,34)24-11-9-23(35-2)10-12-24/h3-12,17H,13-16,18H2,1-2H3. The van der Waals surface area contributed by atoms with Crippen molar-refractivity contribution in [3.05, 3.63) is 83.1 Å². The maximum Gasteiger partial charge on any atom is 0.264 e.